The number of unbranched alkanes of at least 4 members (excludes halogenated alkanes) is 31. The molecule has 85 heavy (non-hydrogen) atoms. The van der Waals surface area contributed by atoms with Crippen LogP contribution in [0, 0.1) is 17.8 Å². The molecule has 0 heterocycles. The Hall–Kier alpha value is -1.94. The van der Waals surface area contributed by atoms with Gasteiger partial charge in [-0.25, -0.2) is 9.13 Å². The minimum atomic E-state index is -4.95. The van der Waals surface area contributed by atoms with Gasteiger partial charge in [-0.15, -0.1) is 0 Å². The standard InChI is InChI=1S/C66H128O17P2/c1-8-10-11-30-40-47-63(68)76-53-61(82-66(71)50-43-36-29-23-25-32-38-45-58(5)6)55-80-84(72,73)78-51-60(67)52-79-85(74,75)81-56-62(54-77-64(69)48-41-34-27-21-18-17-20-26-33-39-46-59(7)9-2)83-65(70)49-42-35-28-22-16-14-12-13-15-19-24-31-37-44-57(3)4/h57-62,67H,8-56H2,1-7H3,(H,72,73)(H,74,75)/t59?,60-,61+,62+/m0/s1. The third-order valence-electron chi connectivity index (χ3n) is 15.5. The predicted octanol–water partition coefficient (Wildman–Crippen LogP) is 18.3. The molecule has 6 atom stereocenters. The fourth-order valence-corrected chi connectivity index (χ4v) is 11.4. The van der Waals surface area contributed by atoms with Gasteiger partial charge in [0.2, 0.25) is 0 Å². The first kappa shape index (κ1) is 83.1. The molecule has 0 saturated heterocycles. The minimum Gasteiger partial charge on any atom is -0.462 e. The van der Waals surface area contributed by atoms with Gasteiger partial charge in [0.15, 0.2) is 12.2 Å². The Morgan fingerprint density at radius 2 is 0.600 bits per heavy atom. The van der Waals surface area contributed by atoms with Gasteiger partial charge in [-0.05, 0) is 43.4 Å². The maximum absolute atomic E-state index is 13.0. The lowest BCUT2D eigenvalue weighted by Crippen LogP contribution is -2.30. The number of aliphatic hydroxyl groups excluding tert-OH is 1. The van der Waals surface area contributed by atoms with Crippen molar-refractivity contribution in [1.82, 2.24) is 0 Å². The number of hydrogen-bond acceptors (Lipinski definition) is 15. The average molecular weight is 1260 g/mol. The first-order valence-corrected chi connectivity index (χ1v) is 37.4. The lowest BCUT2D eigenvalue weighted by molar-refractivity contribution is -0.161. The highest BCUT2D eigenvalue weighted by molar-refractivity contribution is 7.47. The maximum atomic E-state index is 13.0. The molecule has 3 unspecified atom stereocenters. The van der Waals surface area contributed by atoms with E-state index >= 15 is 0 Å². The summed E-state index contributed by atoms with van der Waals surface area (Å²) in [6.45, 7) is 11.7. The van der Waals surface area contributed by atoms with Crippen LogP contribution in [0.1, 0.15) is 325 Å². The van der Waals surface area contributed by atoms with E-state index in [9.17, 15) is 43.2 Å². The highest BCUT2D eigenvalue weighted by Gasteiger charge is 2.30. The lowest BCUT2D eigenvalue weighted by atomic mass is 9.99. The zero-order valence-electron chi connectivity index (χ0n) is 55.1. The molecule has 0 radical (unpaired) electrons. The SMILES string of the molecule is CCCCCCCC(=O)OC[C@H](COP(=O)(O)OC[C@H](O)COP(=O)(O)OC[C@@H](COC(=O)CCCCCCCCCCCCC(C)CC)OC(=O)CCCCCCCCCCCCCCCC(C)C)OC(=O)CCCCCCCCCC(C)C. The van der Waals surface area contributed by atoms with Crippen molar-refractivity contribution in [3.05, 3.63) is 0 Å². The van der Waals surface area contributed by atoms with Crippen LogP contribution in [0.4, 0.5) is 0 Å². The van der Waals surface area contributed by atoms with E-state index in [0.717, 1.165) is 108 Å². The molecule has 504 valence electrons. The number of esters is 4. The summed E-state index contributed by atoms with van der Waals surface area (Å²) in [4.78, 5) is 72.1. The zero-order valence-corrected chi connectivity index (χ0v) is 56.9. The van der Waals surface area contributed by atoms with Gasteiger partial charge < -0.3 is 33.8 Å². The number of rotatable bonds is 64. The van der Waals surface area contributed by atoms with E-state index in [0.29, 0.717) is 31.6 Å². The van der Waals surface area contributed by atoms with Crippen LogP contribution in [-0.2, 0) is 65.4 Å². The third kappa shape index (κ3) is 59.5. The molecule has 0 aliphatic heterocycles. The Morgan fingerprint density at radius 3 is 0.894 bits per heavy atom. The van der Waals surface area contributed by atoms with Gasteiger partial charge in [0, 0.05) is 25.7 Å². The molecule has 0 spiro atoms. The van der Waals surface area contributed by atoms with E-state index in [1.807, 2.05) is 0 Å². The second-order valence-electron chi connectivity index (χ2n) is 25.1. The van der Waals surface area contributed by atoms with Crippen molar-refractivity contribution in [2.75, 3.05) is 39.6 Å². The average Bonchev–Trinajstić information content (AvgIpc) is 3.55. The van der Waals surface area contributed by atoms with Gasteiger partial charge in [0.1, 0.15) is 19.3 Å². The van der Waals surface area contributed by atoms with Gasteiger partial charge in [-0.1, -0.05) is 273 Å². The number of aliphatic hydroxyl groups is 1. The van der Waals surface area contributed by atoms with Crippen molar-refractivity contribution in [2.45, 2.75) is 343 Å². The summed E-state index contributed by atoms with van der Waals surface area (Å²) in [5.74, 6) is 0.148. The molecule has 0 aromatic carbocycles. The van der Waals surface area contributed by atoms with Crippen molar-refractivity contribution < 1.29 is 80.2 Å². The molecule has 19 heteroatoms. The molecule has 0 aliphatic rings. The highest BCUT2D eigenvalue weighted by atomic mass is 31.2. The molecule has 17 nitrogen and oxygen atoms in total. The summed E-state index contributed by atoms with van der Waals surface area (Å²) in [7, 11) is -9.88. The molecule has 3 N–H and O–H groups in total. The molecule has 0 aromatic rings. The summed E-state index contributed by atoms with van der Waals surface area (Å²) in [6.07, 6.45) is 39.3. The zero-order chi connectivity index (χ0) is 63.1. The lowest BCUT2D eigenvalue weighted by Gasteiger charge is -2.21. The summed E-state index contributed by atoms with van der Waals surface area (Å²) < 4.78 is 67.9. The first-order valence-electron chi connectivity index (χ1n) is 34.4. The van der Waals surface area contributed by atoms with Crippen molar-refractivity contribution in [3.8, 4) is 0 Å². The Morgan fingerprint density at radius 1 is 0.341 bits per heavy atom. The normalized spacial score (nSPS) is 14.6. The van der Waals surface area contributed by atoms with Crippen LogP contribution in [0.5, 0.6) is 0 Å². The maximum Gasteiger partial charge on any atom is 0.472 e. The van der Waals surface area contributed by atoms with Crippen LogP contribution in [0.2, 0.25) is 0 Å². The molecule has 0 amide bonds. The molecule has 0 fully saturated rings. The number of ether oxygens (including phenoxy) is 4. The smallest absolute Gasteiger partial charge is 0.462 e. The highest BCUT2D eigenvalue weighted by Crippen LogP contribution is 2.45. The topological polar surface area (TPSA) is 237 Å². The molecule has 0 aromatic heterocycles. The fourth-order valence-electron chi connectivity index (χ4n) is 9.80. The third-order valence-corrected chi connectivity index (χ3v) is 17.4. The Labute approximate surface area is 517 Å². The Bertz CT molecular complexity index is 1680. The molecular formula is C66H128O17P2. The van der Waals surface area contributed by atoms with E-state index in [1.165, 1.54) is 128 Å². The quantitative estimate of drug-likeness (QED) is 0.0222. The fraction of sp³-hybridized carbons (Fsp3) is 0.939. The monoisotopic (exact) mass is 1250 g/mol. The molecule has 0 rings (SSSR count). The second-order valence-corrected chi connectivity index (χ2v) is 28.0. The van der Waals surface area contributed by atoms with E-state index in [1.54, 1.807) is 0 Å². The van der Waals surface area contributed by atoms with Crippen molar-refractivity contribution in [2.24, 2.45) is 17.8 Å². The van der Waals surface area contributed by atoms with Crippen LogP contribution < -0.4 is 0 Å². The minimum absolute atomic E-state index is 0.102. The van der Waals surface area contributed by atoms with Crippen LogP contribution in [-0.4, -0.2) is 96.7 Å². The van der Waals surface area contributed by atoms with Gasteiger partial charge in [0.25, 0.3) is 0 Å². The van der Waals surface area contributed by atoms with Crippen LogP contribution >= 0.6 is 15.6 Å². The largest absolute Gasteiger partial charge is 0.472 e. The summed E-state index contributed by atoms with van der Waals surface area (Å²) in [6, 6.07) is 0. The van der Waals surface area contributed by atoms with Crippen LogP contribution in [0.3, 0.4) is 0 Å². The van der Waals surface area contributed by atoms with E-state index < -0.39 is 97.5 Å². The van der Waals surface area contributed by atoms with Crippen molar-refractivity contribution in [1.29, 1.82) is 0 Å². The molecule has 0 saturated carbocycles. The number of phosphoric ester groups is 2. The van der Waals surface area contributed by atoms with Gasteiger partial charge >= 0.3 is 39.5 Å². The molecule has 0 bridgehead atoms. The number of carbonyl (C=O) groups is 4. The Balaban J connectivity index is 5.18. The molecule has 0 aliphatic carbocycles. The van der Waals surface area contributed by atoms with Crippen LogP contribution in [0.15, 0.2) is 0 Å². The van der Waals surface area contributed by atoms with E-state index in [2.05, 4.69) is 48.5 Å². The summed E-state index contributed by atoms with van der Waals surface area (Å²) in [5.41, 5.74) is 0. The first-order chi connectivity index (χ1) is 40.8. The molecular weight excluding hydrogens is 1130 g/mol. The van der Waals surface area contributed by atoms with Crippen LogP contribution in [0.25, 0.3) is 0 Å². The van der Waals surface area contributed by atoms with Gasteiger partial charge in [-0.3, -0.25) is 37.3 Å². The van der Waals surface area contributed by atoms with Crippen molar-refractivity contribution in [3.63, 3.8) is 0 Å². The number of hydrogen-bond donors (Lipinski definition) is 3. The van der Waals surface area contributed by atoms with E-state index in [4.69, 9.17) is 37.0 Å². The summed E-state index contributed by atoms with van der Waals surface area (Å²) >= 11 is 0. The van der Waals surface area contributed by atoms with Gasteiger partial charge in [-0.2, -0.15) is 0 Å². The second kappa shape index (κ2) is 57.2. The van der Waals surface area contributed by atoms with Gasteiger partial charge in [0.05, 0.1) is 26.4 Å². The predicted molar refractivity (Wildman–Crippen MR) is 340 cm³/mol. The van der Waals surface area contributed by atoms with E-state index in [-0.39, 0.29) is 25.7 Å². The number of carbonyl (C=O) groups excluding carboxylic acids is 4. The summed E-state index contributed by atoms with van der Waals surface area (Å²) in [5, 5.41) is 10.5. The van der Waals surface area contributed by atoms with Crippen molar-refractivity contribution >= 4 is 39.5 Å². The number of phosphoric acid groups is 2. The Kier molecular flexibility index (Phi) is 55.9.